The van der Waals surface area contributed by atoms with Gasteiger partial charge in [0.25, 0.3) is 0 Å². The third kappa shape index (κ3) is 53.5. The molecule has 0 amide bonds. The second-order valence-electron chi connectivity index (χ2n) is 32.3. The van der Waals surface area contributed by atoms with Crippen molar-refractivity contribution in [2.75, 3.05) is 13.2 Å². The van der Waals surface area contributed by atoms with Gasteiger partial charge >= 0.3 is 47.8 Å². The minimum absolute atomic E-state index is 0.00372. The predicted molar refractivity (Wildman–Crippen MR) is 440 cm³/mol. The van der Waals surface area contributed by atoms with Crippen LogP contribution in [0, 0.1) is 0 Å². The zero-order chi connectivity index (χ0) is 80.8. The second kappa shape index (κ2) is 72.1. The smallest absolute Gasteiger partial charge is 0.308 e. The normalized spacial score (nSPS) is 19.6. The molecule has 648 valence electrons. The van der Waals surface area contributed by atoms with Crippen molar-refractivity contribution < 1.29 is 90.5 Å². The summed E-state index contributed by atoms with van der Waals surface area (Å²) in [4.78, 5) is 117. The number of esters is 8. The van der Waals surface area contributed by atoms with Crippen molar-refractivity contribution in [3.05, 3.63) is 0 Å². The Hall–Kier alpha value is -4.36. The van der Waals surface area contributed by atoms with Crippen LogP contribution in [0.4, 0.5) is 0 Å². The van der Waals surface area contributed by atoms with Crippen molar-refractivity contribution in [1.82, 2.24) is 0 Å². The summed E-state index contributed by atoms with van der Waals surface area (Å²) in [5.74, 6) is -5.06. The van der Waals surface area contributed by atoms with Gasteiger partial charge in [0.15, 0.2) is 30.7 Å². The Balaban J connectivity index is 3.17. The zero-order valence-electron chi connectivity index (χ0n) is 72.2. The fraction of sp³-hybridized carbons (Fsp3) is 0.913. The van der Waals surface area contributed by atoms with E-state index in [1.54, 1.807) is 0 Å². The highest BCUT2D eigenvalue weighted by molar-refractivity contribution is 5.73. The lowest BCUT2D eigenvalue weighted by Crippen LogP contribution is -2.67. The zero-order valence-corrected chi connectivity index (χ0v) is 72.2. The highest BCUT2D eigenvalue weighted by Gasteiger charge is 2.59. The van der Waals surface area contributed by atoms with Crippen LogP contribution < -0.4 is 0 Å². The summed E-state index contributed by atoms with van der Waals surface area (Å²) in [6.45, 7) is 16.2. The summed E-state index contributed by atoms with van der Waals surface area (Å²) in [6.07, 6.45) is 35.7. The minimum atomic E-state index is -1.85. The maximum Gasteiger partial charge on any atom is 0.308 e. The van der Waals surface area contributed by atoms with Gasteiger partial charge < -0.3 is 52.1 Å². The molecule has 0 aromatic rings. The summed E-state index contributed by atoms with van der Waals surface area (Å²) in [7, 11) is 0. The average Bonchev–Trinajstić information content (AvgIpc) is 0.766. The molecule has 0 N–H and O–H groups in total. The summed E-state index contributed by atoms with van der Waals surface area (Å²) in [5.41, 5.74) is 0. The van der Waals surface area contributed by atoms with Crippen LogP contribution >= 0.6 is 0 Å². The molecule has 2 aliphatic heterocycles. The predicted octanol–water partition coefficient (Wildman–Crippen LogP) is 24.1. The first kappa shape index (κ1) is 103. The molecular weight excluding hydrogens is 1410 g/mol. The Labute approximate surface area is 675 Å². The molecule has 10 atom stereocenters. The topological polar surface area (TPSA) is 238 Å². The summed E-state index contributed by atoms with van der Waals surface area (Å²) in [6, 6.07) is 0. The van der Waals surface area contributed by atoms with Crippen LogP contribution in [0.25, 0.3) is 0 Å². The molecule has 0 spiro atoms. The molecule has 0 unspecified atom stereocenters. The fourth-order valence-electron chi connectivity index (χ4n) is 14.8. The lowest BCUT2D eigenvalue weighted by atomic mass is 9.95. The molecule has 19 heteroatoms. The number of hydrogen-bond donors (Lipinski definition) is 0. The van der Waals surface area contributed by atoms with Crippen molar-refractivity contribution in [3.63, 3.8) is 0 Å². The van der Waals surface area contributed by atoms with Gasteiger partial charge in [0.05, 0.1) is 0 Å². The van der Waals surface area contributed by atoms with Gasteiger partial charge in [-0.2, -0.15) is 0 Å². The highest BCUT2D eigenvalue weighted by atomic mass is 16.8. The lowest BCUT2D eigenvalue weighted by Gasteiger charge is -2.48. The van der Waals surface area contributed by atoms with Crippen LogP contribution in [0.5, 0.6) is 0 Å². The van der Waals surface area contributed by atoms with E-state index >= 15 is 0 Å². The van der Waals surface area contributed by atoms with Gasteiger partial charge in [-0.3, -0.25) is 38.4 Å². The van der Waals surface area contributed by atoms with E-state index in [1.165, 1.54) is 0 Å². The van der Waals surface area contributed by atoms with Gasteiger partial charge in [0.2, 0.25) is 12.4 Å². The molecule has 0 aromatic heterocycles. The molecule has 111 heavy (non-hydrogen) atoms. The first-order chi connectivity index (χ1) is 54.2. The maximum atomic E-state index is 14.9. The summed E-state index contributed by atoms with van der Waals surface area (Å²) >= 11 is 0. The molecule has 0 saturated carbocycles. The first-order valence-corrected chi connectivity index (χ1v) is 46.6. The van der Waals surface area contributed by atoms with Crippen molar-refractivity contribution in [2.24, 2.45) is 0 Å². The number of ether oxygens (including phenoxy) is 11. The molecule has 19 nitrogen and oxygen atoms in total. The lowest BCUT2D eigenvalue weighted by molar-refractivity contribution is -0.358. The SMILES string of the molecule is CCCCCCCCCC(=O)OC[C@H]1O[C@@H](O[C@H]2[C@H](OC(=O)CCCCCCCCC)[C@@H](OC(=O)CCCCCCCCC)[C@H](OC(=O)CCCCCCCCC)O[C@@H]2COC(=O)CCCCCCCCC)[C@H](OC(=O)CCCCCCCCC)[C@@H](OC(=O)CCCCCCCCC)[C@@H]1OC(=O)CCCCCCCCC. The molecule has 0 radical (unpaired) electrons. The largest absolute Gasteiger partial charge is 0.463 e. The fourth-order valence-corrected chi connectivity index (χ4v) is 14.8. The number of rotatable bonds is 76. The van der Waals surface area contributed by atoms with E-state index in [-0.39, 0.29) is 51.4 Å². The molecule has 0 bridgehead atoms. The molecule has 2 heterocycles. The molecule has 2 rings (SSSR count). The van der Waals surface area contributed by atoms with Crippen LogP contribution in [0.15, 0.2) is 0 Å². The van der Waals surface area contributed by atoms with E-state index < -0.39 is 122 Å². The van der Waals surface area contributed by atoms with Gasteiger partial charge in [0.1, 0.15) is 31.5 Å². The Morgan fingerprint density at radius 1 is 0.189 bits per heavy atom. The number of carbonyl (C=O) groups is 8. The third-order valence-corrected chi connectivity index (χ3v) is 21.8. The molecule has 2 fully saturated rings. The van der Waals surface area contributed by atoms with Crippen molar-refractivity contribution in [3.8, 4) is 0 Å². The standard InChI is InChI=1S/C92H166O19/c1-9-17-25-33-41-49-57-65-77(93)101-73-75-85(105-79(95)67-59-51-43-35-27-19-11-3)87(106-80(96)68-60-52-44-36-28-20-12-4)90(109-83(99)71-63-55-47-39-31-23-15-7)92(104-75)111-86-76(74-102-78(94)66-58-50-42-34-26-18-10-2)103-91(110-84(100)72-64-56-48-40-32-24-16-8)89(108-82(98)70-62-54-46-38-30-22-14-6)88(86)107-81(97)69-61-53-45-37-29-21-13-5/h75-76,85-92H,9-74H2,1-8H3/t75-,76-,85-,86-,87+,88+,89-,90-,91+,92+/m1/s1. The van der Waals surface area contributed by atoms with Gasteiger partial charge in [-0.1, -0.05) is 364 Å². The van der Waals surface area contributed by atoms with Crippen molar-refractivity contribution >= 4 is 47.8 Å². The molecular formula is C92H166O19. The van der Waals surface area contributed by atoms with Gasteiger partial charge in [0, 0.05) is 51.4 Å². The van der Waals surface area contributed by atoms with Crippen molar-refractivity contribution in [1.29, 1.82) is 0 Å². The Bertz CT molecular complexity index is 2300. The minimum Gasteiger partial charge on any atom is -0.463 e. The van der Waals surface area contributed by atoms with Crippen molar-refractivity contribution in [2.45, 2.75) is 528 Å². The third-order valence-electron chi connectivity index (χ3n) is 21.8. The van der Waals surface area contributed by atoms with Crippen LogP contribution in [-0.4, -0.2) is 122 Å². The maximum absolute atomic E-state index is 14.9. The van der Waals surface area contributed by atoms with E-state index in [1.807, 2.05) is 0 Å². The molecule has 2 aliphatic rings. The number of carbonyl (C=O) groups excluding carboxylic acids is 8. The van der Waals surface area contributed by atoms with Gasteiger partial charge in [-0.15, -0.1) is 0 Å². The molecule has 0 aliphatic carbocycles. The Morgan fingerprint density at radius 3 is 0.631 bits per heavy atom. The van der Waals surface area contributed by atoms with E-state index in [0.717, 1.165) is 308 Å². The molecule has 2 saturated heterocycles. The van der Waals surface area contributed by atoms with Gasteiger partial charge in [-0.05, 0) is 51.4 Å². The van der Waals surface area contributed by atoms with E-state index in [2.05, 4.69) is 55.4 Å². The number of unbranched alkanes of at least 4 members (excludes halogenated alkanes) is 48. The number of hydrogen-bond acceptors (Lipinski definition) is 19. The van der Waals surface area contributed by atoms with Crippen LogP contribution in [0.2, 0.25) is 0 Å². The van der Waals surface area contributed by atoms with Crippen LogP contribution in [0.1, 0.15) is 466 Å². The van der Waals surface area contributed by atoms with Crippen LogP contribution in [0.3, 0.4) is 0 Å². The average molecular weight is 1580 g/mol. The highest BCUT2D eigenvalue weighted by Crippen LogP contribution is 2.38. The quantitative estimate of drug-likeness (QED) is 0.0312. The van der Waals surface area contributed by atoms with Crippen LogP contribution in [-0.2, 0) is 90.5 Å². The summed E-state index contributed by atoms with van der Waals surface area (Å²) < 4.78 is 72.8. The van der Waals surface area contributed by atoms with E-state index in [9.17, 15) is 38.4 Å². The second-order valence-corrected chi connectivity index (χ2v) is 32.3. The summed E-state index contributed by atoms with van der Waals surface area (Å²) in [5, 5.41) is 0. The monoisotopic (exact) mass is 1580 g/mol. The molecule has 0 aromatic carbocycles. The Kier molecular flexibility index (Phi) is 66.7. The van der Waals surface area contributed by atoms with E-state index in [0.29, 0.717) is 51.4 Å². The Morgan fingerprint density at radius 2 is 0.369 bits per heavy atom. The van der Waals surface area contributed by atoms with E-state index in [4.69, 9.17) is 52.1 Å². The van der Waals surface area contributed by atoms with Gasteiger partial charge in [-0.25, -0.2) is 0 Å². The first-order valence-electron chi connectivity index (χ1n) is 46.6.